The van der Waals surface area contributed by atoms with Crippen molar-refractivity contribution in [3.8, 4) is 22.5 Å². The van der Waals surface area contributed by atoms with E-state index >= 15 is 0 Å². The van der Waals surface area contributed by atoms with Gasteiger partial charge in [0.1, 0.15) is 0 Å². The number of nitrogens with zero attached hydrogens (tertiary/aromatic N) is 1. The number of hydrogen-bond donors (Lipinski definition) is 0. The third kappa shape index (κ3) is 2.48. The Bertz CT molecular complexity index is 837. The molecule has 0 amide bonds. The van der Waals surface area contributed by atoms with E-state index in [-0.39, 0.29) is 0 Å². The monoisotopic (exact) mass is 303 g/mol. The van der Waals surface area contributed by atoms with Crippen LogP contribution in [0, 0.1) is 13.8 Å². The molecular formula is C21H21NO. The molecule has 3 aromatic rings. The van der Waals surface area contributed by atoms with Gasteiger partial charge in [0.2, 0.25) is 0 Å². The minimum atomic E-state index is 0.435. The molecule has 116 valence electrons. The maximum atomic E-state index is 5.44. The maximum Gasteiger partial charge on any atom is 0.170 e. The van der Waals surface area contributed by atoms with E-state index in [1.807, 2.05) is 13.8 Å². The first-order valence-corrected chi connectivity index (χ1v) is 8.21. The topological polar surface area (TPSA) is 26.0 Å². The highest BCUT2D eigenvalue weighted by molar-refractivity contribution is 5.69. The molecule has 0 unspecified atom stereocenters. The summed E-state index contributed by atoms with van der Waals surface area (Å²) in [5.41, 5.74) is 7.53. The normalized spacial score (nSPS) is 15.6. The van der Waals surface area contributed by atoms with Crippen molar-refractivity contribution in [3.05, 3.63) is 65.4 Å². The van der Waals surface area contributed by atoms with E-state index in [0.29, 0.717) is 5.41 Å². The van der Waals surface area contributed by atoms with Gasteiger partial charge in [-0.25, -0.2) is 0 Å². The maximum absolute atomic E-state index is 5.44. The molecule has 0 spiro atoms. The Kier molecular flexibility index (Phi) is 3.15. The second-order valence-electron chi connectivity index (χ2n) is 6.94. The summed E-state index contributed by atoms with van der Waals surface area (Å²) in [5, 5.41) is 4.04. The molecule has 2 heteroatoms. The number of aromatic nitrogens is 1. The summed E-state index contributed by atoms with van der Waals surface area (Å²) >= 11 is 0. The summed E-state index contributed by atoms with van der Waals surface area (Å²) in [5.74, 6) is 0.867. The summed E-state index contributed by atoms with van der Waals surface area (Å²) in [7, 11) is 0. The quantitative estimate of drug-likeness (QED) is 0.622. The minimum Gasteiger partial charge on any atom is -0.356 e. The van der Waals surface area contributed by atoms with Gasteiger partial charge in [-0.15, -0.1) is 0 Å². The fourth-order valence-corrected chi connectivity index (χ4v) is 3.04. The van der Waals surface area contributed by atoms with Crippen LogP contribution in [-0.2, 0) is 5.41 Å². The Labute approximate surface area is 137 Å². The van der Waals surface area contributed by atoms with Gasteiger partial charge in [0.05, 0.1) is 5.69 Å². The average Bonchev–Trinajstić information content (AvgIpc) is 3.25. The molecule has 0 bridgehead atoms. The Morgan fingerprint density at radius 3 is 1.83 bits per heavy atom. The molecule has 1 saturated carbocycles. The highest BCUT2D eigenvalue weighted by Gasteiger charge is 2.38. The summed E-state index contributed by atoms with van der Waals surface area (Å²) in [6.45, 7) is 6.36. The molecule has 0 atom stereocenters. The van der Waals surface area contributed by atoms with Crippen molar-refractivity contribution < 1.29 is 4.52 Å². The number of rotatable bonds is 3. The molecule has 1 fully saturated rings. The second kappa shape index (κ2) is 5.09. The molecule has 0 aliphatic heterocycles. The highest BCUT2D eigenvalue weighted by Crippen LogP contribution is 2.47. The van der Waals surface area contributed by atoms with Crippen LogP contribution in [0.1, 0.15) is 36.6 Å². The molecule has 1 aliphatic rings. The zero-order valence-corrected chi connectivity index (χ0v) is 13.9. The van der Waals surface area contributed by atoms with Crippen LogP contribution in [0.25, 0.3) is 22.5 Å². The number of aryl methyl sites for hydroxylation is 1. The third-order valence-corrected chi connectivity index (χ3v) is 5.22. The van der Waals surface area contributed by atoms with Gasteiger partial charge in [0, 0.05) is 11.1 Å². The summed E-state index contributed by atoms with van der Waals surface area (Å²) < 4.78 is 5.44. The highest BCUT2D eigenvalue weighted by atomic mass is 16.5. The van der Waals surface area contributed by atoms with Gasteiger partial charge in [-0.05, 0) is 48.8 Å². The predicted octanol–water partition coefficient (Wildman–Crippen LogP) is 5.68. The zero-order chi connectivity index (χ0) is 16.0. The van der Waals surface area contributed by atoms with Crippen molar-refractivity contribution >= 4 is 0 Å². The molecule has 0 saturated heterocycles. The number of hydrogen-bond acceptors (Lipinski definition) is 2. The standard InChI is InChI=1S/C21H21NO/c1-14-15(2)22-23-20(14)18-6-4-16(5-7-18)17-8-10-19(11-9-17)21(3)12-13-21/h4-11H,12-13H2,1-3H3. The molecule has 0 radical (unpaired) electrons. The molecular weight excluding hydrogens is 282 g/mol. The van der Waals surface area contributed by atoms with Crippen molar-refractivity contribution in [1.29, 1.82) is 0 Å². The van der Waals surface area contributed by atoms with Gasteiger partial charge in [0.25, 0.3) is 0 Å². The molecule has 0 N–H and O–H groups in total. The lowest BCUT2D eigenvalue weighted by atomic mass is 9.95. The Morgan fingerprint density at radius 1 is 0.826 bits per heavy atom. The van der Waals surface area contributed by atoms with Gasteiger partial charge < -0.3 is 4.52 Å². The first-order valence-electron chi connectivity index (χ1n) is 8.21. The van der Waals surface area contributed by atoms with E-state index in [1.54, 1.807) is 0 Å². The van der Waals surface area contributed by atoms with Crippen molar-refractivity contribution in [2.45, 2.75) is 39.0 Å². The fourth-order valence-electron chi connectivity index (χ4n) is 3.04. The van der Waals surface area contributed by atoms with Crippen LogP contribution >= 0.6 is 0 Å². The van der Waals surface area contributed by atoms with E-state index in [1.165, 1.54) is 29.5 Å². The fraction of sp³-hybridized carbons (Fsp3) is 0.286. The summed E-state index contributed by atoms with van der Waals surface area (Å²) in [6, 6.07) is 17.5. The van der Waals surface area contributed by atoms with Crippen LogP contribution in [0.3, 0.4) is 0 Å². The van der Waals surface area contributed by atoms with Crippen molar-refractivity contribution in [1.82, 2.24) is 5.16 Å². The summed E-state index contributed by atoms with van der Waals surface area (Å²) in [4.78, 5) is 0. The van der Waals surface area contributed by atoms with Crippen LogP contribution in [0.15, 0.2) is 53.1 Å². The van der Waals surface area contributed by atoms with Crippen LogP contribution in [0.2, 0.25) is 0 Å². The van der Waals surface area contributed by atoms with E-state index in [0.717, 1.165) is 22.6 Å². The van der Waals surface area contributed by atoms with Gasteiger partial charge in [-0.1, -0.05) is 60.6 Å². The largest absolute Gasteiger partial charge is 0.356 e. The molecule has 23 heavy (non-hydrogen) atoms. The van der Waals surface area contributed by atoms with Crippen LogP contribution in [0.5, 0.6) is 0 Å². The van der Waals surface area contributed by atoms with Crippen LogP contribution in [0.4, 0.5) is 0 Å². The Balaban J connectivity index is 1.62. The zero-order valence-electron chi connectivity index (χ0n) is 13.9. The molecule has 1 aliphatic carbocycles. The SMILES string of the molecule is Cc1noc(-c2ccc(-c3ccc(C4(C)CC4)cc3)cc2)c1C. The van der Waals surface area contributed by atoms with Gasteiger partial charge in [-0.2, -0.15) is 0 Å². The van der Waals surface area contributed by atoms with Gasteiger partial charge >= 0.3 is 0 Å². The van der Waals surface area contributed by atoms with Gasteiger partial charge in [-0.3, -0.25) is 0 Å². The molecule has 2 nitrogen and oxygen atoms in total. The summed E-state index contributed by atoms with van der Waals surface area (Å²) in [6.07, 6.45) is 2.63. The number of benzene rings is 2. The van der Waals surface area contributed by atoms with E-state index in [2.05, 4.69) is 60.6 Å². The van der Waals surface area contributed by atoms with Gasteiger partial charge in [0.15, 0.2) is 5.76 Å². The second-order valence-corrected chi connectivity index (χ2v) is 6.94. The molecule has 1 heterocycles. The van der Waals surface area contributed by atoms with Crippen LogP contribution in [-0.4, -0.2) is 5.16 Å². The van der Waals surface area contributed by atoms with E-state index in [4.69, 9.17) is 4.52 Å². The average molecular weight is 303 g/mol. The third-order valence-electron chi connectivity index (χ3n) is 5.22. The van der Waals surface area contributed by atoms with Crippen molar-refractivity contribution in [2.24, 2.45) is 0 Å². The first kappa shape index (κ1) is 14.3. The lowest BCUT2D eigenvalue weighted by Crippen LogP contribution is -1.98. The van der Waals surface area contributed by atoms with E-state index < -0.39 is 0 Å². The Hall–Kier alpha value is -2.35. The smallest absolute Gasteiger partial charge is 0.170 e. The van der Waals surface area contributed by atoms with Crippen molar-refractivity contribution in [2.75, 3.05) is 0 Å². The minimum absolute atomic E-state index is 0.435. The lowest BCUT2D eigenvalue weighted by Gasteiger charge is -2.10. The Morgan fingerprint density at radius 2 is 1.35 bits per heavy atom. The predicted molar refractivity (Wildman–Crippen MR) is 93.4 cm³/mol. The lowest BCUT2D eigenvalue weighted by molar-refractivity contribution is 0.427. The van der Waals surface area contributed by atoms with E-state index in [9.17, 15) is 0 Å². The molecule has 2 aromatic carbocycles. The first-order chi connectivity index (χ1) is 11.1. The molecule has 1 aromatic heterocycles. The van der Waals surface area contributed by atoms with Crippen LogP contribution < -0.4 is 0 Å². The molecule has 4 rings (SSSR count). The van der Waals surface area contributed by atoms with Crippen molar-refractivity contribution in [3.63, 3.8) is 0 Å².